The highest BCUT2D eigenvalue weighted by Crippen LogP contribution is 2.32. The lowest BCUT2D eigenvalue weighted by atomic mass is 9.91. The molecule has 9 heteroatoms. The number of benzene rings is 1. The molecule has 0 bridgehead atoms. The van der Waals surface area contributed by atoms with Crippen LogP contribution in [0.15, 0.2) is 35.0 Å². The lowest BCUT2D eigenvalue weighted by molar-refractivity contribution is 0.123. The Morgan fingerprint density at radius 3 is 2.75 bits per heavy atom. The van der Waals surface area contributed by atoms with E-state index in [-0.39, 0.29) is 13.2 Å². The third-order valence-corrected chi connectivity index (χ3v) is 5.94. The maximum atomic E-state index is 11.1. The van der Waals surface area contributed by atoms with Gasteiger partial charge in [-0.15, -0.1) is 0 Å². The molecule has 32 heavy (non-hydrogen) atoms. The van der Waals surface area contributed by atoms with E-state index >= 15 is 0 Å². The molecule has 0 atom stereocenters. The number of pyridine rings is 1. The number of ether oxygens (including phenoxy) is 1. The van der Waals surface area contributed by atoms with E-state index in [4.69, 9.17) is 19.6 Å². The van der Waals surface area contributed by atoms with Gasteiger partial charge in [0, 0.05) is 24.7 Å². The van der Waals surface area contributed by atoms with Crippen molar-refractivity contribution < 1.29 is 24.3 Å². The molecular weight excluding hydrogens is 412 g/mol. The topological polar surface area (TPSA) is 133 Å². The van der Waals surface area contributed by atoms with Crippen LogP contribution in [0.25, 0.3) is 11.0 Å². The second-order valence-corrected chi connectivity index (χ2v) is 7.90. The number of amides is 1. The SMILES string of the molecule is N#Cc1ccc(COc2ccc3c(CCC4CCN(C(=O)O)CC4)noc3c2CO)nc1. The molecule has 2 N–H and O–H groups in total. The van der Waals surface area contributed by atoms with E-state index in [0.29, 0.717) is 47.2 Å². The van der Waals surface area contributed by atoms with Crippen LogP contribution >= 0.6 is 0 Å². The minimum atomic E-state index is -0.851. The largest absolute Gasteiger partial charge is 0.487 e. The first-order valence-electron chi connectivity index (χ1n) is 10.6. The zero-order valence-corrected chi connectivity index (χ0v) is 17.5. The molecule has 1 amide bonds. The van der Waals surface area contributed by atoms with E-state index in [1.54, 1.807) is 18.2 Å². The molecule has 1 aliphatic rings. The number of fused-ring (bicyclic) bond motifs is 1. The molecule has 1 aliphatic heterocycles. The van der Waals surface area contributed by atoms with Gasteiger partial charge in [-0.3, -0.25) is 4.98 Å². The maximum Gasteiger partial charge on any atom is 0.407 e. The first-order chi connectivity index (χ1) is 15.6. The van der Waals surface area contributed by atoms with Crippen LogP contribution in [-0.4, -0.2) is 44.4 Å². The molecule has 0 spiro atoms. The number of aliphatic hydroxyl groups excluding tert-OH is 1. The molecule has 9 nitrogen and oxygen atoms in total. The third-order valence-electron chi connectivity index (χ3n) is 5.94. The summed E-state index contributed by atoms with van der Waals surface area (Å²) in [7, 11) is 0. The molecule has 0 saturated carbocycles. The first-order valence-corrected chi connectivity index (χ1v) is 10.6. The zero-order valence-electron chi connectivity index (χ0n) is 17.5. The average molecular weight is 436 g/mol. The fraction of sp³-hybridized carbons (Fsp3) is 0.391. The van der Waals surface area contributed by atoms with Crippen LogP contribution < -0.4 is 4.74 Å². The van der Waals surface area contributed by atoms with Crippen molar-refractivity contribution in [2.75, 3.05) is 13.1 Å². The van der Waals surface area contributed by atoms with Crippen molar-refractivity contribution in [2.24, 2.45) is 5.92 Å². The van der Waals surface area contributed by atoms with Crippen LogP contribution in [0.3, 0.4) is 0 Å². The fourth-order valence-corrected chi connectivity index (χ4v) is 4.04. The predicted molar refractivity (Wildman–Crippen MR) is 114 cm³/mol. The molecule has 2 aromatic heterocycles. The number of hydrogen-bond acceptors (Lipinski definition) is 7. The molecule has 1 aromatic carbocycles. The number of rotatable bonds is 7. The lowest BCUT2D eigenvalue weighted by Crippen LogP contribution is -2.37. The number of hydrogen-bond donors (Lipinski definition) is 2. The Hall–Kier alpha value is -3.64. The van der Waals surface area contributed by atoms with Gasteiger partial charge >= 0.3 is 6.09 Å². The standard InChI is InChI=1S/C23H24N4O5/c24-11-16-1-3-17(25-12-16)14-31-21-6-4-18-20(26-32-22(18)19(21)13-28)5-2-15-7-9-27(10-8-15)23(29)30/h1,3-4,6,12,15,28H,2,5,7-10,13-14H2,(H,29,30). The summed E-state index contributed by atoms with van der Waals surface area (Å²) in [5.74, 6) is 0.951. The highest BCUT2D eigenvalue weighted by Gasteiger charge is 2.23. The zero-order chi connectivity index (χ0) is 22.5. The molecule has 4 rings (SSSR count). The van der Waals surface area contributed by atoms with E-state index in [0.717, 1.165) is 36.8 Å². The van der Waals surface area contributed by atoms with Crippen LogP contribution in [0.4, 0.5) is 4.79 Å². The van der Waals surface area contributed by atoms with E-state index in [1.165, 1.54) is 11.1 Å². The summed E-state index contributed by atoms with van der Waals surface area (Å²) < 4.78 is 11.4. The van der Waals surface area contributed by atoms with Crippen molar-refractivity contribution in [3.8, 4) is 11.8 Å². The van der Waals surface area contributed by atoms with Gasteiger partial charge < -0.3 is 24.4 Å². The Labute approximate surface area is 184 Å². The number of aromatic nitrogens is 2. The number of aliphatic hydroxyl groups is 1. The van der Waals surface area contributed by atoms with Crippen LogP contribution in [0, 0.1) is 17.2 Å². The Bertz CT molecular complexity index is 1130. The summed E-state index contributed by atoms with van der Waals surface area (Å²) in [6.45, 7) is 1.09. The van der Waals surface area contributed by atoms with Crippen molar-refractivity contribution in [3.05, 3.63) is 53.0 Å². The van der Waals surface area contributed by atoms with Gasteiger partial charge in [-0.25, -0.2) is 4.79 Å². The van der Waals surface area contributed by atoms with Crippen molar-refractivity contribution in [2.45, 2.75) is 38.9 Å². The molecular formula is C23H24N4O5. The molecule has 3 aromatic rings. The molecule has 0 aliphatic carbocycles. The number of nitrogens with zero attached hydrogens (tertiary/aromatic N) is 4. The summed E-state index contributed by atoms with van der Waals surface area (Å²) in [5.41, 5.74) is 3.02. The Morgan fingerprint density at radius 1 is 1.28 bits per heavy atom. The average Bonchev–Trinajstić information content (AvgIpc) is 3.24. The van der Waals surface area contributed by atoms with E-state index in [9.17, 15) is 9.90 Å². The van der Waals surface area contributed by atoms with Crippen molar-refractivity contribution >= 4 is 17.1 Å². The molecule has 3 heterocycles. The lowest BCUT2D eigenvalue weighted by Gasteiger charge is -2.29. The molecule has 0 radical (unpaired) electrons. The van der Waals surface area contributed by atoms with Gasteiger partial charge in [-0.1, -0.05) is 5.16 Å². The van der Waals surface area contributed by atoms with Crippen LogP contribution in [0.5, 0.6) is 5.75 Å². The van der Waals surface area contributed by atoms with Gasteiger partial charge in [0.05, 0.1) is 29.1 Å². The van der Waals surface area contributed by atoms with Gasteiger partial charge in [-0.2, -0.15) is 5.26 Å². The summed E-state index contributed by atoms with van der Waals surface area (Å²) in [4.78, 5) is 16.7. The van der Waals surface area contributed by atoms with Crippen LogP contribution in [-0.2, 0) is 19.6 Å². The van der Waals surface area contributed by atoms with Crippen molar-refractivity contribution in [3.63, 3.8) is 0 Å². The smallest absolute Gasteiger partial charge is 0.407 e. The van der Waals surface area contributed by atoms with Crippen LogP contribution in [0.1, 0.15) is 41.8 Å². The van der Waals surface area contributed by atoms with Crippen LogP contribution in [0.2, 0.25) is 0 Å². The number of piperidine rings is 1. The van der Waals surface area contributed by atoms with Crippen molar-refractivity contribution in [1.82, 2.24) is 15.0 Å². The van der Waals surface area contributed by atoms with Gasteiger partial charge in [0.1, 0.15) is 18.4 Å². The van der Waals surface area contributed by atoms with E-state index < -0.39 is 6.09 Å². The monoisotopic (exact) mass is 436 g/mol. The predicted octanol–water partition coefficient (Wildman–Crippen LogP) is 3.49. The molecule has 1 fully saturated rings. The molecule has 166 valence electrons. The van der Waals surface area contributed by atoms with E-state index in [1.807, 2.05) is 12.1 Å². The summed E-state index contributed by atoms with van der Waals surface area (Å²) >= 11 is 0. The quantitative estimate of drug-likeness (QED) is 0.575. The fourth-order valence-electron chi connectivity index (χ4n) is 4.04. The normalized spacial score (nSPS) is 14.4. The van der Waals surface area contributed by atoms with Gasteiger partial charge in [0.2, 0.25) is 0 Å². The van der Waals surface area contributed by atoms with Crippen molar-refractivity contribution in [1.29, 1.82) is 5.26 Å². The highest BCUT2D eigenvalue weighted by molar-refractivity contribution is 5.84. The summed E-state index contributed by atoms with van der Waals surface area (Å²) in [6.07, 6.45) is 3.98. The van der Waals surface area contributed by atoms with E-state index in [2.05, 4.69) is 10.1 Å². The second-order valence-electron chi connectivity index (χ2n) is 7.90. The Balaban J connectivity index is 1.42. The first kappa shape index (κ1) is 21.6. The minimum Gasteiger partial charge on any atom is -0.487 e. The minimum absolute atomic E-state index is 0.195. The van der Waals surface area contributed by atoms with Gasteiger partial charge in [-0.05, 0) is 55.9 Å². The molecule has 1 saturated heterocycles. The summed E-state index contributed by atoms with van der Waals surface area (Å²) in [5, 5.41) is 32.9. The summed E-state index contributed by atoms with van der Waals surface area (Å²) in [6, 6.07) is 9.11. The number of likely N-dealkylation sites (tertiary alicyclic amines) is 1. The number of carbonyl (C=O) groups is 1. The van der Waals surface area contributed by atoms with Gasteiger partial charge in [0.15, 0.2) is 5.58 Å². The molecule has 0 unspecified atom stereocenters. The van der Waals surface area contributed by atoms with Gasteiger partial charge in [0.25, 0.3) is 0 Å². The maximum absolute atomic E-state index is 11.1. The number of aryl methyl sites for hydroxylation is 1. The highest BCUT2D eigenvalue weighted by atomic mass is 16.5. The Morgan fingerprint density at radius 2 is 2.09 bits per heavy atom. The number of carboxylic acid groups (broad SMARTS) is 1. The third kappa shape index (κ3) is 4.65. The Kier molecular flexibility index (Phi) is 6.52. The second kappa shape index (κ2) is 9.66. The number of nitriles is 1.